The third-order valence-corrected chi connectivity index (χ3v) is 2.36. The average molecular weight is 295 g/mol. The van der Waals surface area contributed by atoms with Crippen molar-refractivity contribution in [2.24, 2.45) is 0 Å². The molecule has 0 bridgehead atoms. The normalized spacial score (nSPS) is 12.7. The second-order valence-corrected chi connectivity index (χ2v) is 3.94. The molecule has 0 radical (unpaired) electrons. The number of alkyl carbamates (subject to hydrolysis) is 1. The minimum absolute atomic E-state index is 0.288. The van der Waals surface area contributed by atoms with Crippen molar-refractivity contribution in [2.75, 3.05) is 13.7 Å². The van der Waals surface area contributed by atoms with Gasteiger partial charge in [0, 0.05) is 5.56 Å². The van der Waals surface area contributed by atoms with E-state index in [0.29, 0.717) is 5.75 Å². The van der Waals surface area contributed by atoms with Crippen molar-refractivity contribution >= 4 is 6.09 Å². The molecule has 0 saturated heterocycles. The first kappa shape index (κ1) is 16.1. The second-order valence-electron chi connectivity index (χ2n) is 3.94. The average Bonchev–Trinajstić information content (AvgIpc) is 2.35. The fourth-order valence-electron chi connectivity index (χ4n) is 1.49. The van der Waals surface area contributed by atoms with Gasteiger partial charge in [0.15, 0.2) is 6.61 Å². The molecule has 0 saturated carbocycles. The molecule has 0 heterocycles. The minimum Gasteiger partial charge on any atom is -0.496 e. The van der Waals surface area contributed by atoms with Gasteiger partial charge in [-0.15, -0.1) is 0 Å². The summed E-state index contributed by atoms with van der Waals surface area (Å²) in [5, 5.41) is 2.16. The van der Waals surface area contributed by atoms with E-state index in [4.69, 9.17) is 4.74 Å². The van der Waals surface area contributed by atoms with Crippen molar-refractivity contribution in [3.8, 4) is 5.75 Å². The molecule has 1 aromatic rings. The van der Waals surface area contributed by atoms with E-state index in [1.807, 2.05) is 0 Å². The maximum absolute atomic E-state index is 13.1. The number of methoxy groups -OCH3 is 1. The van der Waals surface area contributed by atoms with Crippen LogP contribution in [0.1, 0.15) is 18.5 Å². The molecule has 0 fully saturated rings. The SMILES string of the molecule is COc1ccc(F)cc1C(C)NC(=O)OCC(F)(F)F. The van der Waals surface area contributed by atoms with Crippen molar-refractivity contribution in [3.63, 3.8) is 0 Å². The Bertz CT molecular complexity index is 476. The number of ether oxygens (including phenoxy) is 2. The van der Waals surface area contributed by atoms with Crippen molar-refractivity contribution in [3.05, 3.63) is 29.6 Å². The fraction of sp³-hybridized carbons (Fsp3) is 0.417. The van der Waals surface area contributed by atoms with Gasteiger partial charge in [0.25, 0.3) is 0 Å². The Morgan fingerprint density at radius 2 is 2.05 bits per heavy atom. The maximum Gasteiger partial charge on any atom is 0.422 e. The van der Waals surface area contributed by atoms with Gasteiger partial charge in [-0.25, -0.2) is 9.18 Å². The highest BCUT2D eigenvalue weighted by atomic mass is 19.4. The van der Waals surface area contributed by atoms with Crippen LogP contribution in [0.15, 0.2) is 18.2 Å². The van der Waals surface area contributed by atoms with Crippen LogP contribution in [0.4, 0.5) is 22.4 Å². The molecule has 4 nitrogen and oxygen atoms in total. The van der Waals surface area contributed by atoms with E-state index in [9.17, 15) is 22.4 Å². The lowest BCUT2D eigenvalue weighted by molar-refractivity contribution is -0.160. The predicted molar refractivity (Wildman–Crippen MR) is 61.9 cm³/mol. The summed E-state index contributed by atoms with van der Waals surface area (Å²) in [5.41, 5.74) is 0.288. The highest BCUT2D eigenvalue weighted by Gasteiger charge is 2.30. The third-order valence-electron chi connectivity index (χ3n) is 2.36. The van der Waals surface area contributed by atoms with Crippen LogP contribution in [0.3, 0.4) is 0 Å². The third kappa shape index (κ3) is 4.94. The highest BCUT2D eigenvalue weighted by Crippen LogP contribution is 2.26. The summed E-state index contributed by atoms with van der Waals surface area (Å²) in [5.74, 6) is -0.256. The molecule has 1 atom stereocenters. The molecule has 1 aromatic carbocycles. The molecule has 1 amide bonds. The number of carbonyl (C=O) groups is 1. The lowest BCUT2D eigenvalue weighted by Crippen LogP contribution is -2.31. The smallest absolute Gasteiger partial charge is 0.422 e. The van der Waals surface area contributed by atoms with E-state index in [-0.39, 0.29) is 5.56 Å². The van der Waals surface area contributed by atoms with E-state index in [1.54, 1.807) is 0 Å². The van der Waals surface area contributed by atoms with Crippen molar-refractivity contribution < 1.29 is 31.8 Å². The standard InChI is InChI=1S/C12H13F4NO3/c1-7(17-11(18)20-6-12(14,15)16)9-5-8(13)3-4-10(9)19-2/h3-5,7H,6H2,1-2H3,(H,17,18). The van der Waals surface area contributed by atoms with Crippen LogP contribution in [0.5, 0.6) is 5.75 Å². The quantitative estimate of drug-likeness (QED) is 0.868. The predicted octanol–water partition coefficient (Wildman–Crippen LogP) is 3.18. The number of nitrogens with one attached hydrogen (secondary N) is 1. The van der Waals surface area contributed by atoms with E-state index in [2.05, 4.69) is 10.1 Å². The molecule has 0 aliphatic carbocycles. The largest absolute Gasteiger partial charge is 0.496 e. The maximum atomic E-state index is 13.1. The van der Waals surface area contributed by atoms with Crippen LogP contribution < -0.4 is 10.1 Å². The van der Waals surface area contributed by atoms with Gasteiger partial charge in [0.2, 0.25) is 0 Å². The molecule has 0 aliphatic heterocycles. The topological polar surface area (TPSA) is 47.6 Å². The van der Waals surface area contributed by atoms with Gasteiger partial charge in [0.05, 0.1) is 13.2 Å². The van der Waals surface area contributed by atoms with Gasteiger partial charge < -0.3 is 14.8 Å². The molecule has 1 N–H and O–H groups in total. The van der Waals surface area contributed by atoms with Gasteiger partial charge in [-0.2, -0.15) is 13.2 Å². The van der Waals surface area contributed by atoms with Crippen LogP contribution in [0.2, 0.25) is 0 Å². The summed E-state index contributed by atoms with van der Waals surface area (Å²) in [6.45, 7) is -0.224. The Balaban J connectivity index is 2.69. The highest BCUT2D eigenvalue weighted by molar-refractivity contribution is 5.68. The number of alkyl halides is 3. The fourth-order valence-corrected chi connectivity index (χ4v) is 1.49. The van der Waals surface area contributed by atoms with Crippen LogP contribution in [0.25, 0.3) is 0 Å². The number of halogens is 4. The molecule has 0 spiro atoms. The van der Waals surface area contributed by atoms with Crippen molar-refractivity contribution in [1.82, 2.24) is 5.32 Å². The van der Waals surface area contributed by atoms with Crippen molar-refractivity contribution in [2.45, 2.75) is 19.1 Å². The molecule has 0 aromatic heterocycles. The van der Waals surface area contributed by atoms with E-state index < -0.39 is 30.7 Å². The van der Waals surface area contributed by atoms with Gasteiger partial charge in [-0.3, -0.25) is 0 Å². The van der Waals surface area contributed by atoms with E-state index in [1.165, 1.54) is 20.1 Å². The van der Waals surface area contributed by atoms with Crippen LogP contribution in [0, 0.1) is 5.82 Å². The molecule has 112 valence electrons. The number of rotatable bonds is 4. The Hall–Kier alpha value is -1.99. The second kappa shape index (κ2) is 6.44. The molecule has 1 rings (SSSR count). The number of hydrogen-bond donors (Lipinski definition) is 1. The zero-order valence-electron chi connectivity index (χ0n) is 10.8. The van der Waals surface area contributed by atoms with Crippen LogP contribution in [-0.2, 0) is 4.74 Å². The molecule has 20 heavy (non-hydrogen) atoms. The first-order chi connectivity index (χ1) is 9.23. The first-order valence-corrected chi connectivity index (χ1v) is 5.56. The van der Waals surface area contributed by atoms with Gasteiger partial charge in [0.1, 0.15) is 11.6 Å². The number of amides is 1. The molecule has 8 heteroatoms. The van der Waals surface area contributed by atoms with Gasteiger partial charge in [-0.1, -0.05) is 0 Å². The molecule has 1 unspecified atom stereocenters. The zero-order chi connectivity index (χ0) is 15.3. The van der Waals surface area contributed by atoms with Gasteiger partial charge >= 0.3 is 12.3 Å². The Morgan fingerprint density at radius 1 is 1.40 bits per heavy atom. The lowest BCUT2D eigenvalue weighted by Gasteiger charge is -2.17. The summed E-state index contributed by atoms with van der Waals surface area (Å²) < 4.78 is 57.7. The Labute approximate surface area is 112 Å². The monoisotopic (exact) mass is 295 g/mol. The van der Waals surface area contributed by atoms with E-state index in [0.717, 1.165) is 12.1 Å². The summed E-state index contributed by atoms with van der Waals surface area (Å²) in [6.07, 6.45) is -5.85. The molecular weight excluding hydrogens is 282 g/mol. The van der Waals surface area contributed by atoms with E-state index >= 15 is 0 Å². The summed E-state index contributed by atoms with van der Waals surface area (Å²) in [4.78, 5) is 11.2. The number of carbonyl (C=O) groups excluding carboxylic acids is 1. The van der Waals surface area contributed by atoms with Crippen LogP contribution >= 0.6 is 0 Å². The molecule has 0 aliphatic rings. The zero-order valence-corrected chi connectivity index (χ0v) is 10.8. The number of benzene rings is 1. The first-order valence-electron chi connectivity index (χ1n) is 5.56. The summed E-state index contributed by atoms with van der Waals surface area (Å²) >= 11 is 0. The minimum atomic E-state index is -4.60. The van der Waals surface area contributed by atoms with Crippen molar-refractivity contribution in [1.29, 1.82) is 0 Å². The van der Waals surface area contributed by atoms with Gasteiger partial charge in [-0.05, 0) is 25.1 Å². The van der Waals surface area contributed by atoms with Crippen LogP contribution in [-0.4, -0.2) is 26.0 Å². The number of hydrogen-bond acceptors (Lipinski definition) is 3. The Morgan fingerprint density at radius 3 is 2.60 bits per heavy atom. The summed E-state index contributed by atoms with van der Waals surface area (Å²) in [6, 6.07) is 2.86. The Kier molecular flexibility index (Phi) is 5.18. The lowest BCUT2D eigenvalue weighted by atomic mass is 10.1. The summed E-state index contributed by atoms with van der Waals surface area (Å²) in [7, 11) is 1.35. The molecular formula is C12H13F4NO3.